The SMILES string of the molecule is CC(C)(C)Cc1cc(Cl)n2nccc2n1. The zero-order chi connectivity index (χ0) is 11.1. The highest BCUT2D eigenvalue weighted by Crippen LogP contribution is 2.21. The molecule has 2 rings (SSSR count). The van der Waals surface area contributed by atoms with Crippen LogP contribution in [-0.4, -0.2) is 14.6 Å². The highest BCUT2D eigenvalue weighted by atomic mass is 35.5. The zero-order valence-electron chi connectivity index (χ0n) is 9.16. The summed E-state index contributed by atoms with van der Waals surface area (Å²) < 4.78 is 1.63. The number of rotatable bonds is 1. The van der Waals surface area contributed by atoms with E-state index >= 15 is 0 Å². The van der Waals surface area contributed by atoms with Crippen LogP contribution >= 0.6 is 11.6 Å². The second kappa shape index (κ2) is 3.49. The highest BCUT2D eigenvalue weighted by Gasteiger charge is 2.14. The molecule has 3 nitrogen and oxygen atoms in total. The monoisotopic (exact) mass is 223 g/mol. The van der Waals surface area contributed by atoms with Crippen molar-refractivity contribution in [1.82, 2.24) is 14.6 Å². The fourth-order valence-electron chi connectivity index (χ4n) is 1.56. The van der Waals surface area contributed by atoms with E-state index in [1.165, 1.54) is 0 Å². The Hall–Kier alpha value is -1.09. The lowest BCUT2D eigenvalue weighted by atomic mass is 9.90. The van der Waals surface area contributed by atoms with E-state index < -0.39 is 0 Å². The van der Waals surface area contributed by atoms with E-state index in [9.17, 15) is 0 Å². The molecule has 4 heteroatoms. The predicted octanol–water partition coefficient (Wildman–Crippen LogP) is 2.97. The molecule has 0 bridgehead atoms. The third kappa shape index (κ3) is 2.29. The van der Waals surface area contributed by atoms with Gasteiger partial charge in [-0.3, -0.25) is 0 Å². The van der Waals surface area contributed by atoms with Gasteiger partial charge in [0.1, 0.15) is 5.15 Å². The Labute approximate surface area is 94.1 Å². The average Bonchev–Trinajstić information content (AvgIpc) is 2.48. The first-order chi connectivity index (χ1) is 6.96. The van der Waals surface area contributed by atoms with Crippen LogP contribution in [0.1, 0.15) is 26.5 Å². The predicted molar refractivity (Wildman–Crippen MR) is 61.2 cm³/mol. The fraction of sp³-hybridized carbons (Fsp3) is 0.455. The largest absolute Gasteiger partial charge is 0.233 e. The second-order valence-electron chi connectivity index (χ2n) is 4.91. The van der Waals surface area contributed by atoms with Gasteiger partial charge in [0.2, 0.25) is 0 Å². The van der Waals surface area contributed by atoms with Crippen molar-refractivity contribution in [1.29, 1.82) is 0 Å². The molecule has 2 aromatic heterocycles. The van der Waals surface area contributed by atoms with E-state index in [-0.39, 0.29) is 5.41 Å². The summed E-state index contributed by atoms with van der Waals surface area (Å²) in [5.41, 5.74) is 2.04. The number of fused-ring (bicyclic) bond motifs is 1. The maximum atomic E-state index is 6.09. The lowest BCUT2D eigenvalue weighted by Crippen LogP contribution is -2.11. The summed E-state index contributed by atoms with van der Waals surface area (Å²) in [6.07, 6.45) is 2.61. The van der Waals surface area contributed by atoms with Gasteiger partial charge >= 0.3 is 0 Å². The fourth-order valence-corrected chi connectivity index (χ4v) is 1.81. The maximum absolute atomic E-state index is 6.09. The van der Waals surface area contributed by atoms with Crippen LogP contribution in [0.4, 0.5) is 0 Å². The molecule has 0 unspecified atom stereocenters. The summed E-state index contributed by atoms with van der Waals surface area (Å²) in [7, 11) is 0. The molecule has 0 amide bonds. The van der Waals surface area contributed by atoms with Crippen LogP contribution in [0.2, 0.25) is 5.15 Å². The van der Waals surface area contributed by atoms with Gasteiger partial charge in [0.15, 0.2) is 5.65 Å². The van der Waals surface area contributed by atoms with Gasteiger partial charge in [-0.25, -0.2) is 9.50 Å². The van der Waals surface area contributed by atoms with Gasteiger partial charge in [-0.2, -0.15) is 5.10 Å². The molecule has 0 aromatic carbocycles. The lowest BCUT2D eigenvalue weighted by molar-refractivity contribution is 0.406. The van der Waals surface area contributed by atoms with Crippen molar-refractivity contribution in [3.63, 3.8) is 0 Å². The first kappa shape index (κ1) is 10.4. The molecule has 0 saturated carbocycles. The van der Waals surface area contributed by atoms with Crippen molar-refractivity contribution in [3.8, 4) is 0 Å². The summed E-state index contributed by atoms with van der Waals surface area (Å²) >= 11 is 6.09. The van der Waals surface area contributed by atoms with Crippen molar-refractivity contribution in [2.45, 2.75) is 27.2 Å². The molecule has 0 aliphatic rings. The Kier molecular flexibility index (Phi) is 2.43. The zero-order valence-corrected chi connectivity index (χ0v) is 9.91. The molecule has 2 heterocycles. The van der Waals surface area contributed by atoms with Gasteiger partial charge in [0.25, 0.3) is 0 Å². The van der Waals surface area contributed by atoms with Gasteiger partial charge in [0, 0.05) is 11.8 Å². The second-order valence-corrected chi connectivity index (χ2v) is 5.30. The van der Waals surface area contributed by atoms with Gasteiger partial charge in [0.05, 0.1) is 6.20 Å². The Morgan fingerprint density at radius 2 is 2.13 bits per heavy atom. The number of halogens is 1. The molecule has 0 aliphatic heterocycles. The number of nitrogens with zero attached hydrogens (tertiary/aromatic N) is 3. The van der Waals surface area contributed by atoms with Crippen LogP contribution in [0.3, 0.4) is 0 Å². The minimum Gasteiger partial charge on any atom is -0.233 e. The number of hydrogen-bond acceptors (Lipinski definition) is 2. The average molecular weight is 224 g/mol. The summed E-state index contributed by atoms with van der Waals surface area (Å²) in [4.78, 5) is 4.50. The molecular weight excluding hydrogens is 210 g/mol. The molecule has 2 aromatic rings. The Bertz CT molecular complexity index is 482. The standard InChI is InChI=1S/C11H14ClN3/c1-11(2,3)7-8-6-9(12)15-10(14-8)4-5-13-15/h4-6H,7H2,1-3H3. The van der Waals surface area contributed by atoms with Crippen LogP contribution < -0.4 is 0 Å². The van der Waals surface area contributed by atoms with Crippen LogP contribution in [-0.2, 0) is 6.42 Å². The van der Waals surface area contributed by atoms with Crippen LogP contribution in [0.15, 0.2) is 18.3 Å². The normalized spacial score (nSPS) is 12.3. The number of aromatic nitrogens is 3. The summed E-state index contributed by atoms with van der Waals surface area (Å²) in [5, 5.41) is 4.69. The quantitative estimate of drug-likeness (QED) is 0.696. The minimum absolute atomic E-state index is 0.217. The van der Waals surface area contributed by atoms with Crippen molar-refractivity contribution >= 4 is 17.2 Å². The minimum atomic E-state index is 0.217. The molecule has 0 spiro atoms. The third-order valence-electron chi connectivity index (χ3n) is 2.08. The Morgan fingerprint density at radius 3 is 2.80 bits per heavy atom. The molecule has 0 saturated heterocycles. The summed E-state index contributed by atoms with van der Waals surface area (Å²) in [6, 6.07) is 3.74. The molecular formula is C11H14ClN3. The van der Waals surface area contributed by atoms with Crippen molar-refractivity contribution in [3.05, 3.63) is 29.2 Å². The van der Waals surface area contributed by atoms with Crippen molar-refractivity contribution in [2.24, 2.45) is 5.41 Å². The molecule has 0 atom stereocenters. The van der Waals surface area contributed by atoms with E-state index in [1.807, 2.05) is 12.1 Å². The smallest absolute Gasteiger partial charge is 0.156 e. The van der Waals surface area contributed by atoms with Gasteiger partial charge in [-0.05, 0) is 17.9 Å². The molecule has 0 N–H and O–H groups in total. The van der Waals surface area contributed by atoms with Crippen LogP contribution in [0.25, 0.3) is 5.65 Å². The van der Waals surface area contributed by atoms with Crippen LogP contribution in [0.5, 0.6) is 0 Å². The Balaban J connectivity index is 2.45. The van der Waals surface area contributed by atoms with E-state index in [1.54, 1.807) is 10.7 Å². The van der Waals surface area contributed by atoms with Crippen molar-refractivity contribution < 1.29 is 0 Å². The number of hydrogen-bond donors (Lipinski definition) is 0. The topological polar surface area (TPSA) is 30.2 Å². The van der Waals surface area contributed by atoms with Gasteiger partial charge < -0.3 is 0 Å². The van der Waals surface area contributed by atoms with Gasteiger partial charge in [-0.15, -0.1) is 0 Å². The summed E-state index contributed by atoms with van der Waals surface area (Å²) in [6.45, 7) is 6.55. The summed E-state index contributed by atoms with van der Waals surface area (Å²) in [5.74, 6) is 0. The van der Waals surface area contributed by atoms with E-state index in [0.29, 0.717) is 5.15 Å². The van der Waals surface area contributed by atoms with E-state index in [0.717, 1.165) is 17.8 Å². The molecule has 0 fully saturated rings. The first-order valence-corrected chi connectivity index (χ1v) is 5.33. The molecule has 0 radical (unpaired) electrons. The van der Waals surface area contributed by atoms with E-state index in [4.69, 9.17) is 11.6 Å². The first-order valence-electron chi connectivity index (χ1n) is 4.95. The van der Waals surface area contributed by atoms with Crippen molar-refractivity contribution in [2.75, 3.05) is 0 Å². The molecule has 0 aliphatic carbocycles. The van der Waals surface area contributed by atoms with E-state index in [2.05, 4.69) is 30.9 Å². The third-order valence-corrected chi connectivity index (χ3v) is 2.35. The lowest BCUT2D eigenvalue weighted by Gasteiger charge is -2.17. The van der Waals surface area contributed by atoms with Gasteiger partial charge in [-0.1, -0.05) is 32.4 Å². The molecule has 80 valence electrons. The maximum Gasteiger partial charge on any atom is 0.156 e. The highest BCUT2D eigenvalue weighted by molar-refractivity contribution is 6.29. The van der Waals surface area contributed by atoms with Crippen LogP contribution in [0, 0.1) is 5.41 Å². The molecule has 15 heavy (non-hydrogen) atoms. The Morgan fingerprint density at radius 1 is 1.40 bits per heavy atom.